The SMILES string of the molecule is O=C(c1cc(COc2ccc3c(c2)CCC3)cs1)N1CCN(Cc2cccc(C(F)(F)F)c2)CC1. The van der Waals surface area contributed by atoms with E-state index in [-0.39, 0.29) is 5.91 Å². The van der Waals surface area contributed by atoms with Crippen molar-refractivity contribution in [2.75, 3.05) is 26.2 Å². The van der Waals surface area contributed by atoms with Gasteiger partial charge in [-0.2, -0.15) is 13.2 Å². The summed E-state index contributed by atoms with van der Waals surface area (Å²) in [5.41, 5.74) is 3.76. The maximum Gasteiger partial charge on any atom is 0.416 e. The molecule has 2 heterocycles. The minimum absolute atomic E-state index is 0.00232. The molecule has 2 aliphatic rings. The lowest BCUT2D eigenvalue weighted by Crippen LogP contribution is -2.48. The number of amides is 1. The maximum absolute atomic E-state index is 13.0. The normalized spacial score (nSPS) is 16.4. The quantitative estimate of drug-likeness (QED) is 0.429. The highest BCUT2D eigenvalue weighted by Gasteiger charge is 2.30. The zero-order valence-corrected chi connectivity index (χ0v) is 20.1. The van der Waals surface area contributed by atoms with Gasteiger partial charge in [-0.3, -0.25) is 9.69 Å². The van der Waals surface area contributed by atoms with Crippen molar-refractivity contribution in [3.8, 4) is 5.75 Å². The van der Waals surface area contributed by atoms with E-state index in [1.54, 1.807) is 6.07 Å². The molecule has 4 nitrogen and oxygen atoms in total. The van der Waals surface area contributed by atoms with Crippen molar-refractivity contribution in [2.24, 2.45) is 0 Å². The lowest BCUT2D eigenvalue weighted by Gasteiger charge is -2.34. The highest BCUT2D eigenvalue weighted by atomic mass is 32.1. The Morgan fingerprint density at radius 1 is 0.943 bits per heavy atom. The van der Waals surface area contributed by atoms with Gasteiger partial charge >= 0.3 is 6.18 Å². The van der Waals surface area contributed by atoms with Gasteiger partial charge in [-0.25, -0.2) is 0 Å². The number of carbonyl (C=O) groups excluding carboxylic acids is 1. The average molecular weight is 501 g/mol. The Kier molecular flexibility index (Phi) is 6.84. The Morgan fingerprint density at radius 2 is 1.74 bits per heavy atom. The van der Waals surface area contributed by atoms with E-state index in [0.29, 0.717) is 49.8 Å². The van der Waals surface area contributed by atoms with Gasteiger partial charge in [0.05, 0.1) is 10.4 Å². The van der Waals surface area contributed by atoms with E-state index in [9.17, 15) is 18.0 Å². The van der Waals surface area contributed by atoms with Crippen molar-refractivity contribution in [1.82, 2.24) is 9.80 Å². The molecule has 0 spiro atoms. The Morgan fingerprint density at radius 3 is 2.54 bits per heavy atom. The fourth-order valence-corrected chi connectivity index (χ4v) is 5.60. The van der Waals surface area contributed by atoms with Crippen molar-refractivity contribution < 1.29 is 22.7 Å². The second-order valence-corrected chi connectivity index (χ2v) is 10.1. The summed E-state index contributed by atoms with van der Waals surface area (Å²) in [4.78, 5) is 17.6. The number of hydrogen-bond donors (Lipinski definition) is 0. The first-order chi connectivity index (χ1) is 16.8. The van der Waals surface area contributed by atoms with Crippen LogP contribution in [0.5, 0.6) is 5.75 Å². The average Bonchev–Trinajstić information content (AvgIpc) is 3.52. The predicted molar refractivity (Wildman–Crippen MR) is 130 cm³/mol. The molecule has 0 unspecified atom stereocenters. The van der Waals surface area contributed by atoms with Gasteiger partial charge in [0.25, 0.3) is 5.91 Å². The van der Waals surface area contributed by atoms with Crippen LogP contribution in [0.3, 0.4) is 0 Å². The van der Waals surface area contributed by atoms with Crippen LogP contribution in [0.4, 0.5) is 13.2 Å². The number of benzene rings is 2. The highest BCUT2D eigenvalue weighted by Crippen LogP contribution is 2.30. The summed E-state index contributed by atoms with van der Waals surface area (Å²) in [6.45, 7) is 3.22. The molecule has 2 aromatic carbocycles. The van der Waals surface area contributed by atoms with Crippen LogP contribution >= 0.6 is 11.3 Å². The summed E-state index contributed by atoms with van der Waals surface area (Å²) < 4.78 is 44.9. The summed E-state index contributed by atoms with van der Waals surface area (Å²) in [5.74, 6) is 0.860. The molecule has 3 aromatic rings. The van der Waals surface area contributed by atoms with Crippen LogP contribution in [0.2, 0.25) is 0 Å². The molecule has 1 aliphatic heterocycles. The molecule has 1 aliphatic carbocycles. The van der Waals surface area contributed by atoms with Gasteiger partial charge in [0.15, 0.2) is 0 Å². The molecule has 0 radical (unpaired) electrons. The maximum atomic E-state index is 13.0. The van der Waals surface area contributed by atoms with Crippen LogP contribution in [0.1, 0.15) is 43.9 Å². The number of alkyl halides is 3. The van der Waals surface area contributed by atoms with Gasteiger partial charge in [0, 0.05) is 38.3 Å². The number of hydrogen-bond acceptors (Lipinski definition) is 4. The minimum atomic E-state index is -4.34. The van der Waals surface area contributed by atoms with Crippen LogP contribution in [-0.4, -0.2) is 41.9 Å². The molecule has 8 heteroatoms. The summed E-state index contributed by atoms with van der Waals surface area (Å²) in [5, 5.41) is 1.96. The monoisotopic (exact) mass is 500 g/mol. The van der Waals surface area contributed by atoms with Gasteiger partial charge in [0.1, 0.15) is 12.4 Å². The van der Waals surface area contributed by atoms with Gasteiger partial charge < -0.3 is 9.64 Å². The molecule has 0 atom stereocenters. The van der Waals surface area contributed by atoms with Gasteiger partial charge in [-0.15, -0.1) is 11.3 Å². The number of piperazine rings is 1. The number of carbonyl (C=O) groups is 1. The molecule has 1 saturated heterocycles. The van der Waals surface area contributed by atoms with Gasteiger partial charge in [-0.05, 0) is 65.6 Å². The zero-order chi connectivity index (χ0) is 24.4. The number of rotatable bonds is 6. The molecule has 1 aromatic heterocycles. The fourth-order valence-electron chi connectivity index (χ4n) is 4.74. The third-order valence-corrected chi connectivity index (χ3v) is 7.63. The Labute approximate surface area is 206 Å². The minimum Gasteiger partial charge on any atom is -0.489 e. The van der Waals surface area contributed by atoms with E-state index in [1.165, 1.54) is 41.0 Å². The molecule has 1 amide bonds. The molecule has 184 valence electrons. The first-order valence-electron chi connectivity index (χ1n) is 11.8. The first-order valence-corrected chi connectivity index (χ1v) is 12.7. The number of aryl methyl sites for hydroxylation is 2. The Balaban J connectivity index is 1.12. The topological polar surface area (TPSA) is 32.8 Å². The molecule has 0 saturated carbocycles. The number of fused-ring (bicyclic) bond motifs is 1. The van der Waals surface area contributed by atoms with Crippen LogP contribution in [0, 0.1) is 0 Å². The number of ether oxygens (including phenoxy) is 1. The van der Waals surface area contributed by atoms with Crippen molar-refractivity contribution >= 4 is 17.2 Å². The number of thiophene rings is 1. The molecular weight excluding hydrogens is 473 g/mol. The molecule has 5 rings (SSSR count). The van der Waals surface area contributed by atoms with Crippen molar-refractivity contribution in [2.45, 2.75) is 38.6 Å². The fraction of sp³-hybridized carbons (Fsp3) is 0.370. The predicted octanol–water partition coefficient (Wildman–Crippen LogP) is 5.79. The summed E-state index contributed by atoms with van der Waals surface area (Å²) in [7, 11) is 0. The molecule has 0 N–H and O–H groups in total. The molecule has 1 fully saturated rings. The first kappa shape index (κ1) is 23.9. The number of nitrogens with zero attached hydrogens (tertiary/aromatic N) is 2. The van der Waals surface area contributed by atoms with Crippen LogP contribution in [0.25, 0.3) is 0 Å². The van der Waals surface area contributed by atoms with Crippen LogP contribution < -0.4 is 4.74 Å². The van der Waals surface area contributed by atoms with E-state index < -0.39 is 11.7 Å². The lowest BCUT2D eigenvalue weighted by atomic mass is 10.1. The second kappa shape index (κ2) is 10.0. The second-order valence-electron chi connectivity index (χ2n) is 9.16. The Bertz CT molecular complexity index is 1200. The van der Waals surface area contributed by atoms with Crippen molar-refractivity contribution in [1.29, 1.82) is 0 Å². The van der Waals surface area contributed by atoms with Crippen molar-refractivity contribution in [3.05, 3.63) is 86.6 Å². The van der Waals surface area contributed by atoms with Crippen molar-refractivity contribution in [3.63, 3.8) is 0 Å². The summed E-state index contributed by atoms with van der Waals surface area (Å²) in [6, 6.07) is 13.6. The summed E-state index contributed by atoms with van der Waals surface area (Å²) >= 11 is 1.42. The summed E-state index contributed by atoms with van der Waals surface area (Å²) in [6.07, 6.45) is -0.886. The van der Waals surface area contributed by atoms with Gasteiger partial charge in [0.2, 0.25) is 0 Å². The van der Waals surface area contributed by atoms with E-state index >= 15 is 0 Å². The van der Waals surface area contributed by atoms with E-state index in [4.69, 9.17) is 4.74 Å². The third-order valence-electron chi connectivity index (χ3n) is 6.66. The molecule has 0 bridgehead atoms. The highest BCUT2D eigenvalue weighted by molar-refractivity contribution is 7.12. The molecule has 35 heavy (non-hydrogen) atoms. The van der Waals surface area contributed by atoms with Crippen LogP contribution in [-0.2, 0) is 32.2 Å². The Hall–Kier alpha value is -2.84. The van der Waals surface area contributed by atoms with Gasteiger partial charge in [-0.1, -0.05) is 24.3 Å². The lowest BCUT2D eigenvalue weighted by molar-refractivity contribution is -0.137. The zero-order valence-electron chi connectivity index (χ0n) is 19.3. The smallest absolute Gasteiger partial charge is 0.416 e. The largest absolute Gasteiger partial charge is 0.489 e. The van der Waals surface area contributed by atoms with E-state index in [1.807, 2.05) is 22.4 Å². The standard InChI is InChI=1S/C27H27F3N2O2S/c28-27(29,30)23-6-1-3-19(13-23)16-31-9-11-32(12-10-31)26(33)25-14-20(18-35-25)17-34-24-8-7-21-4-2-5-22(21)15-24/h1,3,6-8,13-15,18H,2,4-5,9-12,16-17H2. The van der Waals surface area contributed by atoms with Crippen LogP contribution in [0.15, 0.2) is 53.9 Å². The van der Waals surface area contributed by atoms with E-state index in [0.717, 1.165) is 30.2 Å². The molecular formula is C27H27F3N2O2S. The van der Waals surface area contributed by atoms with E-state index in [2.05, 4.69) is 17.0 Å². The number of halogens is 3. The third kappa shape index (κ3) is 5.70.